The molecule has 0 bridgehead atoms. The van der Waals surface area contributed by atoms with Gasteiger partial charge in [-0.3, -0.25) is 9.69 Å². The fourth-order valence-electron chi connectivity index (χ4n) is 3.14. The number of rotatable bonds is 6. The second-order valence-corrected chi connectivity index (χ2v) is 6.41. The van der Waals surface area contributed by atoms with Gasteiger partial charge >= 0.3 is 0 Å². The van der Waals surface area contributed by atoms with E-state index < -0.39 is 0 Å². The van der Waals surface area contributed by atoms with Gasteiger partial charge in [-0.1, -0.05) is 6.92 Å². The van der Waals surface area contributed by atoms with Crippen molar-refractivity contribution in [1.29, 1.82) is 0 Å². The third kappa shape index (κ3) is 4.18. The zero-order valence-electron chi connectivity index (χ0n) is 12.3. The van der Waals surface area contributed by atoms with Crippen LogP contribution in [0.1, 0.15) is 45.4 Å². The highest BCUT2D eigenvalue weighted by Gasteiger charge is 2.38. The van der Waals surface area contributed by atoms with Gasteiger partial charge in [0.15, 0.2) is 0 Å². The highest BCUT2D eigenvalue weighted by molar-refractivity contribution is 5.79. The fourth-order valence-corrected chi connectivity index (χ4v) is 3.14. The van der Waals surface area contributed by atoms with Crippen molar-refractivity contribution in [2.24, 2.45) is 5.92 Å². The number of carbonyl (C=O) groups excluding carboxylic acids is 1. The summed E-state index contributed by atoms with van der Waals surface area (Å²) in [7, 11) is 1.90. The van der Waals surface area contributed by atoms with E-state index in [0.717, 1.165) is 5.92 Å². The lowest BCUT2D eigenvalue weighted by Crippen LogP contribution is -2.47. The molecule has 0 aromatic heterocycles. The second-order valence-electron chi connectivity index (χ2n) is 6.41. The Morgan fingerprint density at radius 3 is 2.11 bits per heavy atom. The zero-order valence-corrected chi connectivity index (χ0v) is 12.3. The predicted molar refractivity (Wildman–Crippen MR) is 75.9 cm³/mol. The van der Waals surface area contributed by atoms with E-state index in [2.05, 4.69) is 11.8 Å². The van der Waals surface area contributed by atoms with Crippen molar-refractivity contribution in [2.45, 2.75) is 57.5 Å². The number of aliphatic hydroxyl groups excluding tert-OH is 1. The monoisotopic (exact) mass is 268 g/mol. The second kappa shape index (κ2) is 6.71. The van der Waals surface area contributed by atoms with Gasteiger partial charge in [0.05, 0.1) is 13.2 Å². The van der Waals surface area contributed by atoms with Crippen LogP contribution < -0.4 is 0 Å². The van der Waals surface area contributed by atoms with Crippen LogP contribution in [0, 0.1) is 5.92 Å². The topological polar surface area (TPSA) is 43.8 Å². The molecule has 2 saturated carbocycles. The molecule has 1 N–H and O–H groups in total. The van der Waals surface area contributed by atoms with Crippen molar-refractivity contribution >= 4 is 5.91 Å². The molecule has 0 spiro atoms. The Hall–Kier alpha value is -0.610. The van der Waals surface area contributed by atoms with Gasteiger partial charge in [0.1, 0.15) is 0 Å². The van der Waals surface area contributed by atoms with E-state index in [0.29, 0.717) is 25.2 Å². The highest BCUT2D eigenvalue weighted by Crippen LogP contribution is 2.35. The molecule has 2 fully saturated rings. The fraction of sp³-hybridized carbons (Fsp3) is 0.933. The van der Waals surface area contributed by atoms with Gasteiger partial charge in [0.25, 0.3) is 0 Å². The molecular formula is C15H28N2O2. The summed E-state index contributed by atoms with van der Waals surface area (Å²) in [6, 6.07) is 0.979. The summed E-state index contributed by atoms with van der Waals surface area (Å²) in [5.41, 5.74) is 0. The van der Waals surface area contributed by atoms with E-state index in [4.69, 9.17) is 5.11 Å². The van der Waals surface area contributed by atoms with Crippen LogP contribution in [0.4, 0.5) is 0 Å². The Bertz CT molecular complexity index is 297. The molecule has 4 heteroatoms. The summed E-state index contributed by atoms with van der Waals surface area (Å²) in [5, 5.41) is 8.92. The number of nitrogens with zero attached hydrogens (tertiary/aromatic N) is 2. The van der Waals surface area contributed by atoms with Crippen LogP contribution >= 0.6 is 0 Å². The van der Waals surface area contributed by atoms with Crippen LogP contribution in [-0.2, 0) is 4.79 Å². The molecule has 0 atom stereocenters. The molecule has 2 rings (SSSR count). The minimum atomic E-state index is 0.119. The number of likely N-dealkylation sites (N-methyl/N-ethyl adjacent to an activating group) is 1. The van der Waals surface area contributed by atoms with Crippen molar-refractivity contribution in [1.82, 2.24) is 9.80 Å². The van der Waals surface area contributed by atoms with E-state index in [1.165, 1.54) is 38.5 Å². The summed E-state index contributed by atoms with van der Waals surface area (Å²) in [5.74, 6) is 1.09. The Morgan fingerprint density at radius 2 is 1.63 bits per heavy atom. The van der Waals surface area contributed by atoms with E-state index in [9.17, 15) is 4.79 Å². The van der Waals surface area contributed by atoms with Crippen LogP contribution in [0.5, 0.6) is 0 Å². The SMILES string of the molecule is CC1CCC(N(C(=O)CN(C)CCO)C2CC2)CC1. The van der Waals surface area contributed by atoms with Gasteiger partial charge < -0.3 is 10.0 Å². The van der Waals surface area contributed by atoms with Crippen molar-refractivity contribution in [3.05, 3.63) is 0 Å². The number of aliphatic hydroxyl groups is 1. The minimum Gasteiger partial charge on any atom is -0.395 e. The van der Waals surface area contributed by atoms with E-state index in [1.807, 2.05) is 11.9 Å². The van der Waals surface area contributed by atoms with E-state index in [1.54, 1.807) is 0 Å². The lowest BCUT2D eigenvalue weighted by Gasteiger charge is -2.37. The first-order chi connectivity index (χ1) is 9.11. The summed E-state index contributed by atoms with van der Waals surface area (Å²) in [6.07, 6.45) is 7.23. The van der Waals surface area contributed by atoms with Gasteiger partial charge in [0, 0.05) is 18.6 Å². The van der Waals surface area contributed by atoms with Crippen molar-refractivity contribution in [3.8, 4) is 0 Å². The highest BCUT2D eigenvalue weighted by atomic mass is 16.3. The third-order valence-electron chi connectivity index (χ3n) is 4.49. The molecular weight excluding hydrogens is 240 g/mol. The third-order valence-corrected chi connectivity index (χ3v) is 4.49. The molecule has 0 aromatic carbocycles. The van der Waals surface area contributed by atoms with Crippen molar-refractivity contribution < 1.29 is 9.90 Å². The van der Waals surface area contributed by atoms with Crippen LogP contribution in [-0.4, -0.2) is 59.6 Å². The number of amides is 1. The molecule has 0 heterocycles. The smallest absolute Gasteiger partial charge is 0.237 e. The maximum Gasteiger partial charge on any atom is 0.237 e. The molecule has 0 unspecified atom stereocenters. The van der Waals surface area contributed by atoms with Crippen LogP contribution in [0.15, 0.2) is 0 Å². The summed E-state index contributed by atoms with van der Waals surface area (Å²) < 4.78 is 0. The molecule has 19 heavy (non-hydrogen) atoms. The van der Waals surface area contributed by atoms with Crippen LogP contribution in [0.25, 0.3) is 0 Å². The normalized spacial score (nSPS) is 27.6. The summed E-state index contributed by atoms with van der Waals surface area (Å²) in [4.78, 5) is 16.6. The number of hydrogen-bond acceptors (Lipinski definition) is 3. The Balaban J connectivity index is 1.90. The first-order valence-corrected chi connectivity index (χ1v) is 7.72. The van der Waals surface area contributed by atoms with Gasteiger partial charge in [-0.05, 0) is 51.5 Å². The first kappa shape index (κ1) is 14.8. The standard InChI is InChI=1S/C15H28N2O2/c1-12-3-5-13(6-4-12)17(14-7-8-14)15(19)11-16(2)9-10-18/h12-14,18H,3-11H2,1-2H3. The average Bonchev–Trinajstić information content (AvgIpc) is 3.16. The molecule has 0 aromatic rings. The zero-order chi connectivity index (χ0) is 13.8. The van der Waals surface area contributed by atoms with Gasteiger partial charge in [-0.15, -0.1) is 0 Å². The predicted octanol–water partition coefficient (Wildman–Crippen LogP) is 1.48. The molecule has 0 saturated heterocycles. The summed E-state index contributed by atoms with van der Waals surface area (Å²) >= 11 is 0. The lowest BCUT2D eigenvalue weighted by molar-refractivity contribution is -0.136. The first-order valence-electron chi connectivity index (χ1n) is 7.72. The Kier molecular flexibility index (Phi) is 5.22. The molecule has 2 aliphatic carbocycles. The molecule has 0 aliphatic heterocycles. The maximum atomic E-state index is 12.5. The van der Waals surface area contributed by atoms with Gasteiger partial charge in [0.2, 0.25) is 5.91 Å². The van der Waals surface area contributed by atoms with Gasteiger partial charge in [-0.2, -0.15) is 0 Å². The van der Waals surface area contributed by atoms with E-state index >= 15 is 0 Å². The maximum absolute atomic E-state index is 12.5. The Labute approximate surface area is 116 Å². The number of carbonyl (C=O) groups is 1. The summed E-state index contributed by atoms with van der Waals surface area (Å²) in [6.45, 7) is 3.46. The largest absolute Gasteiger partial charge is 0.395 e. The Morgan fingerprint density at radius 1 is 1.11 bits per heavy atom. The minimum absolute atomic E-state index is 0.119. The molecule has 0 radical (unpaired) electrons. The van der Waals surface area contributed by atoms with E-state index in [-0.39, 0.29) is 12.5 Å². The molecule has 1 amide bonds. The van der Waals surface area contributed by atoms with Crippen LogP contribution in [0.3, 0.4) is 0 Å². The van der Waals surface area contributed by atoms with Crippen molar-refractivity contribution in [2.75, 3.05) is 26.7 Å². The molecule has 110 valence electrons. The quantitative estimate of drug-likeness (QED) is 0.793. The number of hydrogen-bond donors (Lipinski definition) is 1. The van der Waals surface area contributed by atoms with Crippen molar-refractivity contribution in [3.63, 3.8) is 0 Å². The van der Waals surface area contributed by atoms with Crippen LogP contribution in [0.2, 0.25) is 0 Å². The van der Waals surface area contributed by atoms with Gasteiger partial charge in [-0.25, -0.2) is 0 Å². The average molecular weight is 268 g/mol. The molecule has 4 nitrogen and oxygen atoms in total. The lowest BCUT2D eigenvalue weighted by atomic mass is 9.86. The molecule has 2 aliphatic rings.